The third-order valence-electron chi connectivity index (χ3n) is 6.49. The van der Waals surface area contributed by atoms with Gasteiger partial charge in [0, 0.05) is 42.4 Å². The number of rotatable bonds is 5. The standard InChI is InChI=1S/C26H26F5N3O2S/c1-5-32-23(37)33(4)14-19-21(34-13-15-8-6-7-9-17(15)22(34)35)18-12-16(25(27,28)26(29,30)31)10-11-20(18)36-24(19,2)3/h6-12H,5,13-14H2,1-4H3,(H,32,37). The maximum absolute atomic E-state index is 14.4. The van der Waals surface area contributed by atoms with Crippen molar-refractivity contribution in [1.82, 2.24) is 15.1 Å². The molecule has 2 aliphatic heterocycles. The molecular formula is C26H26F5N3O2S. The van der Waals surface area contributed by atoms with E-state index in [-0.39, 0.29) is 36.0 Å². The molecule has 2 aromatic carbocycles. The fourth-order valence-electron chi connectivity index (χ4n) is 4.55. The summed E-state index contributed by atoms with van der Waals surface area (Å²) in [5, 5.41) is 3.43. The Labute approximate surface area is 216 Å². The lowest BCUT2D eigenvalue weighted by molar-refractivity contribution is -0.289. The number of fused-ring (bicyclic) bond motifs is 2. The number of nitrogens with one attached hydrogen (secondary N) is 1. The van der Waals surface area contributed by atoms with E-state index in [0.717, 1.165) is 17.7 Å². The molecule has 2 heterocycles. The second kappa shape index (κ2) is 9.27. The summed E-state index contributed by atoms with van der Waals surface area (Å²) < 4.78 is 74.6. The minimum Gasteiger partial charge on any atom is -0.483 e. The zero-order chi connectivity index (χ0) is 27.3. The van der Waals surface area contributed by atoms with E-state index < -0.39 is 23.3 Å². The van der Waals surface area contributed by atoms with Crippen LogP contribution in [-0.4, -0.2) is 52.7 Å². The van der Waals surface area contributed by atoms with Crippen molar-refractivity contribution in [3.63, 3.8) is 0 Å². The van der Waals surface area contributed by atoms with Crippen LogP contribution >= 0.6 is 12.2 Å². The summed E-state index contributed by atoms with van der Waals surface area (Å²) in [6.45, 7) is 6.20. The van der Waals surface area contributed by atoms with Gasteiger partial charge < -0.3 is 19.9 Å². The number of carbonyl (C=O) groups is 1. The number of amides is 1. The van der Waals surface area contributed by atoms with E-state index in [4.69, 9.17) is 17.0 Å². The van der Waals surface area contributed by atoms with E-state index in [0.29, 0.717) is 28.9 Å². The molecule has 198 valence electrons. The topological polar surface area (TPSA) is 44.8 Å². The first-order valence-electron chi connectivity index (χ1n) is 11.6. The van der Waals surface area contributed by atoms with Gasteiger partial charge in [-0.2, -0.15) is 22.0 Å². The summed E-state index contributed by atoms with van der Waals surface area (Å²) in [5.41, 5.74) is -0.386. The zero-order valence-electron chi connectivity index (χ0n) is 20.7. The fourth-order valence-corrected chi connectivity index (χ4v) is 4.76. The molecule has 0 saturated carbocycles. The lowest BCUT2D eigenvalue weighted by atomic mass is 9.87. The van der Waals surface area contributed by atoms with Gasteiger partial charge in [0.2, 0.25) is 0 Å². The van der Waals surface area contributed by atoms with Crippen LogP contribution in [0.1, 0.15) is 47.8 Å². The van der Waals surface area contributed by atoms with Crippen molar-refractivity contribution in [3.05, 3.63) is 70.3 Å². The van der Waals surface area contributed by atoms with Crippen LogP contribution in [0, 0.1) is 0 Å². The molecule has 0 aliphatic carbocycles. The number of nitrogens with zero attached hydrogens (tertiary/aromatic N) is 2. The lowest BCUT2D eigenvalue weighted by Crippen LogP contribution is -2.46. The number of hydrogen-bond donors (Lipinski definition) is 1. The third kappa shape index (κ3) is 4.65. The van der Waals surface area contributed by atoms with E-state index in [1.54, 1.807) is 50.1 Å². The van der Waals surface area contributed by atoms with Crippen LogP contribution < -0.4 is 10.1 Å². The number of halogens is 5. The third-order valence-corrected chi connectivity index (χ3v) is 6.95. The number of thiocarbonyl (C=S) groups is 1. The van der Waals surface area contributed by atoms with E-state index in [9.17, 15) is 26.7 Å². The van der Waals surface area contributed by atoms with Gasteiger partial charge in [-0.25, -0.2) is 0 Å². The predicted octanol–water partition coefficient (Wildman–Crippen LogP) is 5.71. The number of carbonyl (C=O) groups excluding carboxylic acids is 1. The summed E-state index contributed by atoms with van der Waals surface area (Å²) in [5.74, 6) is -5.37. The van der Waals surface area contributed by atoms with Gasteiger partial charge in [-0.15, -0.1) is 0 Å². The molecule has 11 heteroatoms. The highest BCUT2D eigenvalue weighted by molar-refractivity contribution is 7.80. The molecule has 0 saturated heterocycles. The number of likely N-dealkylation sites (N-methyl/N-ethyl adjacent to an activating group) is 1. The van der Waals surface area contributed by atoms with E-state index in [2.05, 4.69) is 5.32 Å². The number of ether oxygens (including phenoxy) is 1. The summed E-state index contributed by atoms with van der Waals surface area (Å²) in [7, 11) is 1.72. The Hall–Kier alpha value is -3.21. The molecule has 0 atom stereocenters. The maximum atomic E-state index is 14.4. The highest BCUT2D eigenvalue weighted by Crippen LogP contribution is 2.49. The number of benzene rings is 2. The van der Waals surface area contributed by atoms with Crippen molar-refractivity contribution in [2.75, 3.05) is 20.1 Å². The first-order valence-corrected chi connectivity index (χ1v) is 12.0. The number of hydrogen-bond acceptors (Lipinski definition) is 3. The molecule has 1 amide bonds. The van der Waals surface area contributed by atoms with Gasteiger partial charge in [-0.05, 0) is 62.8 Å². The second-order valence-corrected chi connectivity index (χ2v) is 9.85. The van der Waals surface area contributed by atoms with E-state index >= 15 is 0 Å². The molecule has 0 bridgehead atoms. The van der Waals surface area contributed by atoms with Gasteiger partial charge in [-0.3, -0.25) is 4.79 Å². The van der Waals surface area contributed by atoms with Gasteiger partial charge >= 0.3 is 12.1 Å². The van der Waals surface area contributed by atoms with Crippen LogP contribution in [0.5, 0.6) is 5.75 Å². The Morgan fingerprint density at radius 2 is 1.81 bits per heavy atom. The Balaban J connectivity index is 1.94. The molecule has 1 N–H and O–H groups in total. The highest BCUT2D eigenvalue weighted by atomic mass is 32.1. The van der Waals surface area contributed by atoms with Gasteiger partial charge in [0.15, 0.2) is 5.11 Å². The molecule has 5 nitrogen and oxygen atoms in total. The Morgan fingerprint density at radius 1 is 1.14 bits per heavy atom. The van der Waals surface area contributed by atoms with Crippen LogP contribution in [0.4, 0.5) is 22.0 Å². The van der Waals surface area contributed by atoms with E-state index in [1.807, 2.05) is 6.92 Å². The SMILES string of the molecule is CCNC(=S)N(C)CC1=C(N2Cc3ccccc3C2=O)c2cc(C(F)(F)C(F)(F)F)ccc2OC1(C)C. The lowest BCUT2D eigenvalue weighted by Gasteiger charge is -2.41. The van der Waals surface area contributed by atoms with Gasteiger partial charge in [0.05, 0.1) is 12.2 Å². The average Bonchev–Trinajstić information content (AvgIpc) is 3.14. The van der Waals surface area contributed by atoms with Crippen LogP contribution in [0.25, 0.3) is 5.70 Å². The molecule has 0 fully saturated rings. The highest BCUT2D eigenvalue weighted by Gasteiger charge is 2.59. The predicted molar refractivity (Wildman–Crippen MR) is 133 cm³/mol. The largest absolute Gasteiger partial charge is 0.483 e. The molecule has 37 heavy (non-hydrogen) atoms. The Kier molecular flexibility index (Phi) is 6.72. The van der Waals surface area contributed by atoms with Crippen LogP contribution in [0.3, 0.4) is 0 Å². The summed E-state index contributed by atoms with van der Waals surface area (Å²) >= 11 is 5.41. The first-order chi connectivity index (χ1) is 17.2. The molecule has 0 aromatic heterocycles. The van der Waals surface area contributed by atoms with Gasteiger partial charge in [0.25, 0.3) is 5.91 Å². The van der Waals surface area contributed by atoms with Crippen molar-refractivity contribution in [1.29, 1.82) is 0 Å². The Morgan fingerprint density at radius 3 is 2.43 bits per heavy atom. The second-order valence-electron chi connectivity index (χ2n) is 9.46. The van der Waals surface area contributed by atoms with E-state index in [1.165, 1.54) is 4.90 Å². The van der Waals surface area contributed by atoms with Crippen LogP contribution in [0.2, 0.25) is 0 Å². The van der Waals surface area contributed by atoms with Crippen LogP contribution in [0.15, 0.2) is 48.0 Å². The maximum Gasteiger partial charge on any atom is 0.458 e. The Bertz CT molecular complexity index is 1290. The van der Waals surface area contributed by atoms with Crippen molar-refractivity contribution in [2.24, 2.45) is 0 Å². The summed E-state index contributed by atoms with van der Waals surface area (Å²) in [4.78, 5) is 16.6. The average molecular weight is 540 g/mol. The smallest absolute Gasteiger partial charge is 0.458 e. The molecule has 0 spiro atoms. The van der Waals surface area contributed by atoms with Gasteiger partial charge in [-0.1, -0.05) is 18.2 Å². The van der Waals surface area contributed by atoms with Crippen LogP contribution in [-0.2, 0) is 12.5 Å². The summed E-state index contributed by atoms with van der Waals surface area (Å²) in [6, 6.07) is 9.50. The number of alkyl halides is 5. The normalized spacial score (nSPS) is 16.8. The monoisotopic (exact) mass is 539 g/mol. The molecule has 0 unspecified atom stereocenters. The molecule has 2 aromatic rings. The zero-order valence-corrected chi connectivity index (χ0v) is 21.5. The molecule has 0 radical (unpaired) electrons. The fraction of sp³-hybridized carbons (Fsp3) is 0.385. The minimum atomic E-state index is -5.79. The van der Waals surface area contributed by atoms with Crippen molar-refractivity contribution >= 4 is 28.9 Å². The minimum absolute atomic E-state index is 0.0142. The molecule has 2 aliphatic rings. The quantitative estimate of drug-likeness (QED) is 0.390. The van der Waals surface area contributed by atoms with Crippen molar-refractivity contribution < 1.29 is 31.5 Å². The van der Waals surface area contributed by atoms with Crippen molar-refractivity contribution in [3.8, 4) is 5.75 Å². The first kappa shape index (κ1) is 26.8. The molecule has 4 rings (SSSR count). The molecular weight excluding hydrogens is 513 g/mol. The van der Waals surface area contributed by atoms with Gasteiger partial charge in [0.1, 0.15) is 11.4 Å². The van der Waals surface area contributed by atoms with Crippen molar-refractivity contribution in [2.45, 2.75) is 45.0 Å². The summed E-state index contributed by atoms with van der Waals surface area (Å²) in [6.07, 6.45) is -5.79.